The fourth-order valence-corrected chi connectivity index (χ4v) is 6.01. The molecule has 31 heavy (non-hydrogen) atoms. The number of hydrogen-bond donors (Lipinski definition) is 1. The van der Waals surface area contributed by atoms with Gasteiger partial charge in [0.2, 0.25) is 0 Å². The Balaban J connectivity index is 2.24. The van der Waals surface area contributed by atoms with Gasteiger partial charge in [0.05, 0.1) is 16.7 Å². The number of nitrogens with zero attached hydrogens (tertiary/aromatic N) is 2. The highest BCUT2D eigenvalue weighted by Crippen LogP contribution is 2.32. The van der Waals surface area contributed by atoms with Gasteiger partial charge >= 0.3 is 0 Å². The van der Waals surface area contributed by atoms with E-state index in [0.29, 0.717) is 18.5 Å². The van der Waals surface area contributed by atoms with Crippen molar-refractivity contribution in [2.45, 2.75) is 95.2 Å². The molecule has 2 rings (SSSR count). The maximum absolute atomic E-state index is 13.5. The molecule has 7 heteroatoms. The minimum absolute atomic E-state index is 0.0413. The van der Waals surface area contributed by atoms with Crippen molar-refractivity contribution in [2.24, 2.45) is 0 Å². The minimum atomic E-state index is -3.44. The van der Waals surface area contributed by atoms with Gasteiger partial charge in [-0.1, -0.05) is 13.3 Å². The van der Waals surface area contributed by atoms with E-state index in [0.717, 1.165) is 25.7 Å². The average Bonchev–Trinajstić information content (AvgIpc) is 2.66. The summed E-state index contributed by atoms with van der Waals surface area (Å²) in [6.07, 6.45) is 4.20. The molecule has 172 valence electrons. The fourth-order valence-electron chi connectivity index (χ4n) is 4.70. The second kappa shape index (κ2) is 10.1. The Hall–Kier alpha value is -1.91. The molecule has 1 aromatic rings. The first-order valence-corrected chi connectivity index (χ1v) is 12.9. The molecular weight excluding hydrogens is 410 g/mol. The van der Waals surface area contributed by atoms with E-state index in [4.69, 9.17) is 5.26 Å². The van der Waals surface area contributed by atoms with Crippen LogP contribution >= 0.6 is 0 Å². The zero-order chi connectivity index (χ0) is 23.3. The molecule has 1 heterocycles. The second-order valence-electron chi connectivity index (χ2n) is 9.91. The lowest BCUT2D eigenvalue weighted by molar-refractivity contribution is 0.0441. The first kappa shape index (κ1) is 25.4. The Morgan fingerprint density at radius 1 is 1.13 bits per heavy atom. The van der Waals surface area contributed by atoms with E-state index >= 15 is 0 Å². The van der Waals surface area contributed by atoms with Crippen LogP contribution in [0.25, 0.3) is 0 Å². The molecule has 0 saturated carbocycles. The summed E-state index contributed by atoms with van der Waals surface area (Å²) < 4.78 is 24.9. The Bertz CT molecular complexity index is 883. The van der Waals surface area contributed by atoms with Crippen molar-refractivity contribution in [3.8, 4) is 6.07 Å². The van der Waals surface area contributed by atoms with E-state index in [1.165, 1.54) is 12.1 Å². The van der Waals surface area contributed by atoms with Gasteiger partial charge in [0.25, 0.3) is 5.91 Å². The zero-order valence-corrected chi connectivity index (χ0v) is 20.4. The lowest BCUT2D eigenvalue weighted by Gasteiger charge is -2.49. The molecule has 1 N–H and O–H groups in total. The Morgan fingerprint density at radius 2 is 1.71 bits per heavy atom. The van der Waals surface area contributed by atoms with E-state index in [2.05, 4.69) is 39.9 Å². The molecule has 1 fully saturated rings. The molecule has 1 aliphatic rings. The molecular formula is C24H37N3O3S. The molecule has 1 aliphatic heterocycles. The molecule has 1 amide bonds. The predicted octanol–water partition coefficient (Wildman–Crippen LogP) is 4.32. The molecule has 1 saturated heterocycles. The van der Waals surface area contributed by atoms with Crippen LogP contribution in [0.1, 0.15) is 83.5 Å². The summed E-state index contributed by atoms with van der Waals surface area (Å²) in [5, 5.41) is 12.3. The van der Waals surface area contributed by atoms with Crippen molar-refractivity contribution in [2.75, 3.05) is 12.3 Å². The van der Waals surface area contributed by atoms with E-state index in [1.54, 1.807) is 12.1 Å². The highest BCUT2D eigenvalue weighted by molar-refractivity contribution is 7.91. The molecule has 0 atom stereocenters. The lowest BCUT2D eigenvalue weighted by atomic mass is 9.78. The molecule has 1 aromatic carbocycles. The standard InChI is InChI=1S/C24H37N3O3S/c1-6-7-15-27(20-17-23(2,3)26-24(4,5)18-20)22(28)19-10-12-21(13-11-19)31(29,30)16-9-8-14-25/h10-13,20,26H,6-9,15-18H2,1-5H3. The zero-order valence-electron chi connectivity index (χ0n) is 19.6. The topological polar surface area (TPSA) is 90.3 Å². The molecule has 0 radical (unpaired) electrons. The van der Waals surface area contributed by atoms with Gasteiger partial charge in [-0.3, -0.25) is 4.79 Å². The van der Waals surface area contributed by atoms with Crippen molar-refractivity contribution in [1.82, 2.24) is 10.2 Å². The van der Waals surface area contributed by atoms with Gasteiger partial charge < -0.3 is 10.2 Å². The number of sulfone groups is 1. The number of carbonyl (C=O) groups excluding carboxylic acids is 1. The number of carbonyl (C=O) groups is 1. The van der Waals surface area contributed by atoms with Gasteiger partial charge in [0.1, 0.15) is 0 Å². The second-order valence-corrected chi connectivity index (χ2v) is 12.0. The van der Waals surface area contributed by atoms with Crippen molar-refractivity contribution in [3.63, 3.8) is 0 Å². The highest BCUT2D eigenvalue weighted by atomic mass is 32.2. The third-order valence-electron chi connectivity index (χ3n) is 5.78. The third-order valence-corrected chi connectivity index (χ3v) is 7.60. The average molecular weight is 448 g/mol. The normalized spacial score (nSPS) is 18.3. The van der Waals surface area contributed by atoms with Crippen LogP contribution < -0.4 is 5.32 Å². The van der Waals surface area contributed by atoms with Crippen molar-refractivity contribution in [3.05, 3.63) is 29.8 Å². The monoisotopic (exact) mass is 447 g/mol. The lowest BCUT2D eigenvalue weighted by Crippen LogP contribution is -2.62. The molecule has 6 nitrogen and oxygen atoms in total. The fraction of sp³-hybridized carbons (Fsp3) is 0.667. The third kappa shape index (κ3) is 7.05. The minimum Gasteiger partial charge on any atom is -0.336 e. The van der Waals surface area contributed by atoms with Gasteiger partial charge in [-0.2, -0.15) is 5.26 Å². The van der Waals surface area contributed by atoms with Gasteiger partial charge in [-0.15, -0.1) is 0 Å². The largest absolute Gasteiger partial charge is 0.336 e. The number of amides is 1. The molecule has 0 unspecified atom stereocenters. The van der Waals surface area contributed by atoms with Gasteiger partial charge in [0.15, 0.2) is 9.84 Å². The van der Waals surface area contributed by atoms with Crippen LogP contribution in [0.2, 0.25) is 0 Å². The summed E-state index contributed by atoms with van der Waals surface area (Å²) in [4.78, 5) is 15.7. The summed E-state index contributed by atoms with van der Waals surface area (Å²) >= 11 is 0. The Morgan fingerprint density at radius 3 is 2.23 bits per heavy atom. The Kier molecular flexibility index (Phi) is 8.29. The Labute approximate surface area is 187 Å². The van der Waals surface area contributed by atoms with Crippen LogP contribution in [0.4, 0.5) is 0 Å². The van der Waals surface area contributed by atoms with Crippen LogP contribution in [0.15, 0.2) is 29.2 Å². The van der Waals surface area contributed by atoms with Crippen LogP contribution in [-0.4, -0.2) is 48.6 Å². The maximum Gasteiger partial charge on any atom is 0.254 e. The summed E-state index contributed by atoms with van der Waals surface area (Å²) in [5.41, 5.74) is 0.373. The van der Waals surface area contributed by atoms with E-state index in [9.17, 15) is 13.2 Å². The van der Waals surface area contributed by atoms with Gasteiger partial charge in [-0.25, -0.2) is 8.42 Å². The number of nitriles is 1. The number of hydrogen-bond acceptors (Lipinski definition) is 5. The van der Waals surface area contributed by atoms with Crippen LogP contribution in [0.3, 0.4) is 0 Å². The van der Waals surface area contributed by atoms with Crippen LogP contribution in [0, 0.1) is 11.3 Å². The maximum atomic E-state index is 13.5. The van der Waals surface area contributed by atoms with Crippen LogP contribution in [0.5, 0.6) is 0 Å². The number of benzene rings is 1. The SMILES string of the molecule is CCCCN(C(=O)c1ccc(S(=O)(=O)CCCC#N)cc1)C1CC(C)(C)NC(C)(C)C1. The summed E-state index contributed by atoms with van der Waals surface area (Å²) in [6, 6.07) is 8.37. The number of nitrogens with one attached hydrogen (secondary N) is 1. The van der Waals surface area contributed by atoms with Crippen LogP contribution in [-0.2, 0) is 9.84 Å². The number of rotatable bonds is 9. The first-order chi connectivity index (χ1) is 14.4. The van der Waals surface area contributed by atoms with E-state index in [1.807, 2.05) is 11.0 Å². The van der Waals surface area contributed by atoms with Gasteiger partial charge in [0, 0.05) is 35.6 Å². The predicted molar refractivity (Wildman–Crippen MR) is 124 cm³/mol. The molecule has 0 bridgehead atoms. The van der Waals surface area contributed by atoms with E-state index in [-0.39, 0.29) is 40.1 Å². The number of unbranched alkanes of at least 4 members (excludes halogenated alkanes) is 2. The number of piperidine rings is 1. The quantitative estimate of drug-likeness (QED) is 0.570. The smallest absolute Gasteiger partial charge is 0.254 e. The highest BCUT2D eigenvalue weighted by Gasteiger charge is 2.41. The summed E-state index contributed by atoms with van der Waals surface area (Å²) in [6.45, 7) is 11.5. The summed E-state index contributed by atoms with van der Waals surface area (Å²) in [7, 11) is -3.44. The van der Waals surface area contributed by atoms with E-state index < -0.39 is 9.84 Å². The van der Waals surface area contributed by atoms with Crippen molar-refractivity contribution in [1.29, 1.82) is 5.26 Å². The van der Waals surface area contributed by atoms with Crippen molar-refractivity contribution >= 4 is 15.7 Å². The molecule has 0 aromatic heterocycles. The van der Waals surface area contributed by atoms with Crippen molar-refractivity contribution < 1.29 is 13.2 Å². The molecule has 0 spiro atoms. The summed E-state index contributed by atoms with van der Waals surface area (Å²) in [5.74, 6) is -0.101. The molecule has 0 aliphatic carbocycles. The first-order valence-electron chi connectivity index (χ1n) is 11.2. The van der Waals surface area contributed by atoms with Gasteiger partial charge in [-0.05, 0) is 77.6 Å².